The van der Waals surface area contributed by atoms with Crippen molar-refractivity contribution >= 4 is 29.1 Å². The molecular weight excluding hydrogens is 468 g/mol. The highest BCUT2D eigenvalue weighted by atomic mass is 16.2. The average molecular weight is 505 g/mol. The molecule has 0 radical (unpaired) electrons. The lowest BCUT2D eigenvalue weighted by Gasteiger charge is -2.35. The molecule has 0 unspecified atom stereocenters. The van der Waals surface area contributed by atoms with Gasteiger partial charge in [-0.05, 0) is 51.7 Å². The van der Waals surface area contributed by atoms with Crippen LogP contribution >= 0.6 is 0 Å². The molecule has 5 rings (SSSR count). The maximum absolute atomic E-state index is 13.9. The number of aromatic nitrogens is 3. The molecule has 2 atom stereocenters. The van der Waals surface area contributed by atoms with Crippen LogP contribution in [0, 0.1) is 13.8 Å². The summed E-state index contributed by atoms with van der Waals surface area (Å²) in [5.41, 5.74) is 10.7. The van der Waals surface area contributed by atoms with Gasteiger partial charge in [-0.1, -0.05) is 11.6 Å². The first-order valence-corrected chi connectivity index (χ1v) is 13.0. The monoisotopic (exact) mass is 504 g/mol. The van der Waals surface area contributed by atoms with Crippen molar-refractivity contribution in [3.05, 3.63) is 52.8 Å². The van der Waals surface area contributed by atoms with Crippen molar-refractivity contribution in [3.8, 4) is 0 Å². The highest BCUT2D eigenvalue weighted by Gasteiger charge is 2.32. The molecule has 2 saturated heterocycles. The number of likely N-dealkylation sites (tertiary alicyclic amines) is 1. The number of carbonyl (C=O) groups is 2. The molecule has 2 aliphatic rings. The number of benzene rings is 1. The van der Waals surface area contributed by atoms with Crippen LogP contribution in [0.4, 0.5) is 16.3 Å². The van der Waals surface area contributed by atoms with E-state index >= 15 is 0 Å². The Labute approximate surface area is 217 Å². The first-order chi connectivity index (χ1) is 17.7. The van der Waals surface area contributed by atoms with Gasteiger partial charge in [0.15, 0.2) is 5.65 Å². The zero-order valence-corrected chi connectivity index (χ0v) is 22.1. The maximum Gasteiger partial charge on any atom is 0.321 e. The van der Waals surface area contributed by atoms with E-state index in [0.29, 0.717) is 17.8 Å². The van der Waals surface area contributed by atoms with Crippen molar-refractivity contribution in [1.29, 1.82) is 0 Å². The van der Waals surface area contributed by atoms with Crippen molar-refractivity contribution in [2.45, 2.75) is 51.6 Å². The Bertz CT molecular complexity index is 1330. The molecule has 3 aromatic rings. The van der Waals surface area contributed by atoms with Gasteiger partial charge in [0.1, 0.15) is 5.82 Å². The number of amides is 3. The van der Waals surface area contributed by atoms with Crippen LogP contribution in [0.3, 0.4) is 0 Å². The SMILES string of the molecule is Cc1ccc(NC(=O)N(C)C)c(C(=O)N2CCCC[C@H]2c2cc3nc(N4CC[C@H](N)C4)c(C)cn3n2)c1. The molecule has 3 N–H and O–H groups in total. The summed E-state index contributed by atoms with van der Waals surface area (Å²) in [6.07, 6.45) is 5.75. The van der Waals surface area contributed by atoms with Crippen molar-refractivity contribution in [3.63, 3.8) is 0 Å². The third kappa shape index (κ3) is 4.98. The molecular formula is C27H36N8O2. The largest absolute Gasteiger partial charge is 0.355 e. The van der Waals surface area contributed by atoms with Gasteiger partial charge in [0.2, 0.25) is 0 Å². The van der Waals surface area contributed by atoms with E-state index in [1.165, 1.54) is 4.90 Å². The van der Waals surface area contributed by atoms with Crippen LogP contribution in [0.2, 0.25) is 0 Å². The molecule has 0 bridgehead atoms. The Morgan fingerprint density at radius 2 is 1.92 bits per heavy atom. The number of nitrogens with two attached hydrogens (primary N) is 1. The van der Waals surface area contributed by atoms with Gasteiger partial charge < -0.3 is 25.8 Å². The Morgan fingerprint density at radius 3 is 2.65 bits per heavy atom. The summed E-state index contributed by atoms with van der Waals surface area (Å²) in [6.45, 7) is 6.34. The molecule has 0 spiro atoms. The number of hydrogen-bond donors (Lipinski definition) is 2. The predicted molar refractivity (Wildman–Crippen MR) is 144 cm³/mol. The van der Waals surface area contributed by atoms with E-state index in [-0.39, 0.29) is 24.0 Å². The van der Waals surface area contributed by atoms with Crippen LogP contribution in [0.15, 0.2) is 30.5 Å². The van der Waals surface area contributed by atoms with Crippen LogP contribution in [-0.2, 0) is 0 Å². The van der Waals surface area contributed by atoms with E-state index in [0.717, 1.165) is 67.1 Å². The summed E-state index contributed by atoms with van der Waals surface area (Å²) in [6, 6.07) is 7.28. The highest BCUT2D eigenvalue weighted by molar-refractivity contribution is 6.03. The minimum atomic E-state index is -0.273. The normalized spacial score (nSPS) is 19.9. The number of aryl methyl sites for hydroxylation is 2. The van der Waals surface area contributed by atoms with Gasteiger partial charge in [0.25, 0.3) is 5.91 Å². The van der Waals surface area contributed by atoms with E-state index in [9.17, 15) is 9.59 Å². The Morgan fingerprint density at radius 1 is 1.11 bits per heavy atom. The fraction of sp³-hybridized carbons (Fsp3) is 0.481. The molecule has 196 valence electrons. The van der Waals surface area contributed by atoms with E-state index < -0.39 is 0 Å². The van der Waals surface area contributed by atoms with Gasteiger partial charge in [0, 0.05) is 57.6 Å². The lowest BCUT2D eigenvalue weighted by molar-refractivity contribution is 0.0606. The molecule has 2 aromatic heterocycles. The van der Waals surface area contributed by atoms with Gasteiger partial charge in [-0.3, -0.25) is 4.79 Å². The number of urea groups is 1. The minimum absolute atomic E-state index is 0.101. The summed E-state index contributed by atoms with van der Waals surface area (Å²) in [7, 11) is 3.35. The lowest BCUT2D eigenvalue weighted by atomic mass is 9.97. The first-order valence-electron chi connectivity index (χ1n) is 13.0. The summed E-state index contributed by atoms with van der Waals surface area (Å²) in [5, 5.41) is 7.73. The zero-order chi connectivity index (χ0) is 26.3. The Kier molecular flexibility index (Phi) is 6.76. The first kappa shape index (κ1) is 25.0. The molecule has 1 aromatic carbocycles. The lowest BCUT2D eigenvalue weighted by Crippen LogP contribution is -2.39. The van der Waals surface area contributed by atoms with Crippen molar-refractivity contribution in [2.75, 3.05) is 43.9 Å². The van der Waals surface area contributed by atoms with E-state index in [4.69, 9.17) is 15.8 Å². The third-order valence-electron chi connectivity index (χ3n) is 7.31. The number of nitrogens with zero attached hydrogens (tertiary/aromatic N) is 6. The number of nitrogens with one attached hydrogen (secondary N) is 1. The second-order valence-electron chi connectivity index (χ2n) is 10.5. The van der Waals surface area contributed by atoms with Crippen LogP contribution < -0.4 is 16.0 Å². The number of fused-ring (bicyclic) bond motifs is 1. The van der Waals surface area contributed by atoms with Gasteiger partial charge >= 0.3 is 6.03 Å². The van der Waals surface area contributed by atoms with Crippen LogP contribution in [-0.4, -0.2) is 76.1 Å². The van der Waals surface area contributed by atoms with E-state index in [2.05, 4.69) is 10.2 Å². The summed E-state index contributed by atoms with van der Waals surface area (Å²) >= 11 is 0. The number of carbonyl (C=O) groups excluding carboxylic acids is 2. The van der Waals surface area contributed by atoms with Crippen molar-refractivity contribution < 1.29 is 9.59 Å². The molecule has 37 heavy (non-hydrogen) atoms. The van der Waals surface area contributed by atoms with Gasteiger partial charge in [-0.2, -0.15) is 5.10 Å². The average Bonchev–Trinajstić information content (AvgIpc) is 3.49. The molecule has 10 nitrogen and oxygen atoms in total. The van der Waals surface area contributed by atoms with Gasteiger partial charge in [-0.15, -0.1) is 0 Å². The molecule has 2 aliphatic heterocycles. The predicted octanol–water partition coefficient (Wildman–Crippen LogP) is 3.34. The second kappa shape index (κ2) is 10.0. The summed E-state index contributed by atoms with van der Waals surface area (Å²) in [4.78, 5) is 36.8. The Balaban J connectivity index is 1.47. The van der Waals surface area contributed by atoms with Crippen LogP contribution in [0.25, 0.3) is 5.65 Å². The van der Waals surface area contributed by atoms with Crippen LogP contribution in [0.5, 0.6) is 0 Å². The van der Waals surface area contributed by atoms with Crippen LogP contribution in [0.1, 0.15) is 58.9 Å². The molecule has 3 amide bonds. The smallest absolute Gasteiger partial charge is 0.321 e. The summed E-state index contributed by atoms with van der Waals surface area (Å²) < 4.78 is 1.82. The van der Waals surface area contributed by atoms with E-state index in [1.807, 2.05) is 47.7 Å². The van der Waals surface area contributed by atoms with E-state index in [1.54, 1.807) is 20.2 Å². The minimum Gasteiger partial charge on any atom is -0.355 e. The number of hydrogen-bond acceptors (Lipinski definition) is 6. The maximum atomic E-state index is 13.9. The van der Waals surface area contributed by atoms with Crippen molar-refractivity contribution in [1.82, 2.24) is 24.4 Å². The molecule has 0 aliphatic carbocycles. The number of anilines is 2. The number of piperidine rings is 1. The zero-order valence-electron chi connectivity index (χ0n) is 22.1. The molecule has 10 heteroatoms. The topological polar surface area (TPSA) is 112 Å². The molecule has 0 saturated carbocycles. The van der Waals surface area contributed by atoms with Gasteiger partial charge in [0.05, 0.1) is 23.0 Å². The third-order valence-corrected chi connectivity index (χ3v) is 7.31. The number of rotatable bonds is 4. The molecule has 2 fully saturated rings. The highest BCUT2D eigenvalue weighted by Crippen LogP contribution is 2.34. The standard InChI is InChI=1S/C27H36N8O2/c1-17-8-9-21(29-27(37)32(3)4)20(13-17)26(36)34-11-6-5-7-23(34)22-14-24-30-25(18(2)15-35(24)31-22)33-12-10-19(28)16-33/h8-9,13-15,19,23H,5-7,10-12,16,28H2,1-4H3,(H,29,37)/t19-,23-/m0/s1. The fourth-order valence-electron chi connectivity index (χ4n) is 5.29. The fourth-order valence-corrected chi connectivity index (χ4v) is 5.29. The van der Waals surface area contributed by atoms with Gasteiger partial charge in [-0.25, -0.2) is 14.3 Å². The Hall–Kier alpha value is -3.66. The second-order valence-corrected chi connectivity index (χ2v) is 10.5. The quantitative estimate of drug-likeness (QED) is 0.564. The summed E-state index contributed by atoms with van der Waals surface area (Å²) in [5.74, 6) is 0.847. The molecule has 4 heterocycles. The van der Waals surface area contributed by atoms with Crippen molar-refractivity contribution in [2.24, 2.45) is 5.73 Å².